The number of hydrogen-bond donors (Lipinski definition) is 0. The van der Waals surface area contributed by atoms with Gasteiger partial charge in [-0.05, 0) is 31.4 Å². The standard InChI is InChI=1S/C17H21F2NO3/c1-2-3-4-10-23-17(22)15-6-5-9-20(15)16(21)13-8-7-12(18)11-14(13)19/h7-8,11,15H,2-6,9-10H2,1H3. The highest BCUT2D eigenvalue weighted by atomic mass is 19.1. The first-order chi connectivity index (χ1) is 11.0. The second-order valence-corrected chi connectivity index (χ2v) is 5.66. The number of halogens is 2. The molecule has 1 aliphatic rings. The number of carbonyl (C=O) groups excluding carboxylic acids is 2. The van der Waals surface area contributed by atoms with Crippen molar-refractivity contribution < 1.29 is 23.1 Å². The molecule has 1 aromatic carbocycles. The molecule has 0 radical (unpaired) electrons. The van der Waals surface area contributed by atoms with Crippen molar-refractivity contribution in [1.29, 1.82) is 0 Å². The van der Waals surface area contributed by atoms with Crippen LogP contribution in [-0.4, -0.2) is 36.0 Å². The number of likely N-dealkylation sites (tertiary alicyclic amines) is 1. The Kier molecular flexibility index (Phi) is 6.07. The first-order valence-electron chi connectivity index (χ1n) is 7.97. The van der Waals surface area contributed by atoms with Gasteiger partial charge in [0.2, 0.25) is 0 Å². The SMILES string of the molecule is CCCCCOC(=O)C1CCCN1C(=O)c1ccc(F)cc1F. The first-order valence-corrected chi connectivity index (χ1v) is 7.97. The van der Waals surface area contributed by atoms with Crippen molar-refractivity contribution in [3.05, 3.63) is 35.4 Å². The molecule has 1 aliphatic heterocycles. The van der Waals surface area contributed by atoms with Gasteiger partial charge in [-0.2, -0.15) is 0 Å². The highest BCUT2D eigenvalue weighted by Gasteiger charge is 2.36. The molecule has 2 rings (SSSR count). The fourth-order valence-corrected chi connectivity index (χ4v) is 2.69. The Morgan fingerprint density at radius 2 is 2.09 bits per heavy atom. The van der Waals surface area contributed by atoms with E-state index in [2.05, 4.69) is 6.92 Å². The number of amides is 1. The van der Waals surface area contributed by atoms with E-state index in [1.165, 1.54) is 4.90 Å². The van der Waals surface area contributed by atoms with Crippen molar-refractivity contribution in [2.24, 2.45) is 0 Å². The lowest BCUT2D eigenvalue weighted by atomic mass is 10.1. The van der Waals surface area contributed by atoms with Crippen LogP contribution in [0.1, 0.15) is 49.4 Å². The van der Waals surface area contributed by atoms with E-state index in [4.69, 9.17) is 4.74 Å². The summed E-state index contributed by atoms with van der Waals surface area (Å²) >= 11 is 0. The molecule has 1 unspecified atom stereocenters. The monoisotopic (exact) mass is 325 g/mol. The Bertz CT molecular complexity index is 577. The normalized spacial score (nSPS) is 17.3. The Labute approximate surface area is 134 Å². The molecule has 1 amide bonds. The topological polar surface area (TPSA) is 46.6 Å². The Morgan fingerprint density at radius 1 is 1.30 bits per heavy atom. The lowest BCUT2D eigenvalue weighted by molar-refractivity contribution is -0.148. The fraction of sp³-hybridized carbons (Fsp3) is 0.529. The number of ether oxygens (including phenoxy) is 1. The third kappa shape index (κ3) is 4.27. The molecule has 1 fully saturated rings. The van der Waals surface area contributed by atoms with Crippen LogP contribution in [0.3, 0.4) is 0 Å². The fourth-order valence-electron chi connectivity index (χ4n) is 2.69. The van der Waals surface area contributed by atoms with Gasteiger partial charge in [0.25, 0.3) is 5.91 Å². The first kappa shape index (κ1) is 17.4. The summed E-state index contributed by atoms with van der Waals surface area (Å²) in [5.41, 5.74) is -0.225. The lowest BCUT2D eigenvalue weighted by Crippen LogP contribution is -2.41. The third-order valence-corrected chi connectivity index (χ3v) is 3.94. The van der Waals surface area contributed by atoms with Gasteiger partial charge in [-0.25, -0.2) is 13.6 Å². The molecule has 4 nitrogen and oxygen atoms in total. The molecule has 0 aromatic heterocycles. The summed E-state index contributed by atoms with van der Waals surface area (Å²) in [6, 6.07) is 2.12. The van der Waals surface area contributed by atoms with E-state index in [9.17, 15) is 18.4 Å². The molecule has 23 heavy (non-hydrogen) atoms. The highest BCUT2D eigenvalue weighted by molar-refractivity contribution is 5.97. The minimum absolute atomic E-state index is 0.225. The summed E-state index contributed by atoms with van der Waals surface area (Å²) in [5.74, 6) is -2.71. The molecule has 0 N–H and O–H groups in total. The maximum absolute atomic E-state index is 13.8. The van der Waals surface area contributed by atoms with E-state index in [1.807, 2.05) is 0 Å². The van der Waals surface area contributed by atoms with Gasteiger partial charge in [-0.3, -0.25) is 4.79 Å². The van der Waals surface area contributed by atoms with E-state index in [1.54, 1.807) is 0 Å². The van der Waals surface area contributed by atoms with Crippen LogP contribution >= 0.6 is 0 Å². The van der Waals surface area contributed by atoms with Crippen molar-refractivity contribution in [1.82, 2.24) is 4.90 Å². The van der Waals surface area contributed by atoms with E-state index in [-0.39, 0.29) is 5.56 Å². The quantitative estimate of drug-likeness (QED) is 0.595. The third-order valence-electron chi connectivity index (χ3n) is 3.94. The minimum atomic E-state index is -0.919. The Morgan fingerprint density at radius 3 is 2.78 bits per heavy atom. The number of hydrogen-bond acceptors (Lipinski definition) is 3. The number of esters is 1. The highest BCUT2D eigenvalue weighted by Crippen LogP contribution is 2.23. The number of unbranched alkanes of at least 4 members (excludes halogenated alkanes) is 2. The zero-order valence-corrected chi connectivity index (χ0v) is 13.2. The van der Waals surface area contributed by atoms with Crippen molar-refractivity contribution in [2.75, 3.05) is 13.2 Å². The van der Waals surface area contributed by atoms with Gasteiger partial charge in [0, 0.05) is 12.6 Å². The number of carbonyl (C=O) groups is 2. The van der Waals surface area contributed by atoms with Crippen molar-refractivity contribution in [3.63, 3.8) is 0 Å². The lowest BCUT2D eigenvalue weighted by Gasteiger charge is -2.23. The van der Waals surface area contributed by atoms with Crippen LogP contribution in [-0.2, 0) is 9.53 Å². The summed E-state index contributed by atoms with van der Waals surface area (Å²) in [4.78, 5) is 25.9. The van der Waals surface area contributed by atoms with Gasteiger partial charge in [0.15, 0.2) is 0 Å². The van der Waals surface area contributed by atoms with Crippen LogP contribution in [0.15, 0.2) is 18.2 Å². The van der Waals surface area contributed by atoms with E-state index < -0.39 is 29.6 Å². The molecule has 0 saturated carbocycles. The predicted molar refractivity (Wildman–Crippen MR) is 80.9 cm³/mol. The number of benzene rings is 1. The van der Waals surface area contributed by atoms with Crippen LogP contribution in [0.25, 0.3) is 0 Å². The Hall–Kier alpha value is -1.98. The van der Waals surface area contributed by atoms with Crippen molar-refractivity contribution in [3.8, 4) is 0 Å². The molecular formula is C17H21F2NO3. The van der Waals surface area contributed by atoms with Crippen LogP contribution in [0.4, 0.5) is 8.78 Å². The second-order valence-electron chi connectivity index (χ2n) is 5.66. The molecule has 1 heterocycles. The van der Waals surface area contributed by atoms with Crippen LogP contribution in [0.5, 0.6) is 0 Å². The van der Waals surface area contributed by atoms with E-state index >= 15 is 0 Å². The zero-order chi connectivity index (χ0) is 16.8. The average molecular weight is 325 g/mol. The maximum atomic E-state index is 13.8. The molecule has 0 spiro atoms. The molecule has 6 heteroatoms. The van der Waals surface area contributed by atoms with Crippen molar-refractivity contribution in [2.45, 2.75) is 45.1 Å². The Balaban J connectivity index is 2.02. The van der Waals surface area contributed by atoms with E-state index in [0.717, 1.165) is 31.4 Å². The predicted octanol–water partition coefficient (Wildman–Crippen LogP) is 3.30. The van der Waals surface area contributed by atoms with Gasteiger partial charge in [-0.15, -0.1) is 0 Å². The summed E-state index contributed by atoms with van der Waals surface area (Å²) < 4.78 is 31.9. The summed E-state index contributed by atoms with van der Waals surface area (Å²) in [5, 5.41) is 0. The van der Waals surface area contributed by atoms with Gasteiger partial charge >= 0.3 is 5.97 Å². The van der Waals surface area contributed by atoms with E-state index in [0.29, 0.717) is 32.1 Å². The summed E-state index contributed by atoms with van der Waals surface area (Å²) in [7, 11) is 0. The molecule has 1 saturated heterocycles. The summed E-state index contributed by atoms with van der Waals surface area (Å²) in [6.07, 6.45) is 3.94. The molecule has 0 bridgehead atoms. The number of rotatable bonds is 6. The molecule has 1 aromatic rings. The second kappa shape index (κ2) is 8.04. The molecule has 0 aliphatic carbocycles. The van der Waals surface area contributed by atoms with Gasteiger partial charge in [0.05, 0.1) is 12.2 Å². The largest absolute Gasteiger partial charge is 0.464 e. The number of nitrogens with zero attached hydrogens (tertiary/aromatic N) is 1. The van der Waals surface area contributed by atoms with Crippen LogP contribution in [0, 0.1) is 11.6 Å². The maximum Gasteiger partial charge on any atom is 0.328 e. The average Bonchev–Trinajstić information content (AvgIpc) is 3.00. The van der Waals surface area contributed by atoms with Crippen LogP contribution in [0.2, 0.25) is 0 Å². The van der Waals surface area contributed by atoms with Gasteiger partial charge < -0.3 is 9.64 Å². The zero-order valence-electron chi connectivity index (χ0n) is 13.2. The minimum Gasteiger partial charge on any atom is -0.464 e. The molecule has 1 atom stereocenters. The van der Waals surface area contributed by atoms with Crippen molar-refractivity contribution >= 4 is 11.9 Å². The van der Waals surface area contributed by atoms with Gasteiger partial charge in [0.1, 0.15) is 17.7 Å². The molecular weight excluding hydrogens is 304 g/mol. The van der Waals surface area contributed by atoms with Crippen LogP contribution < -0.4 is 0 Å². The smallest absolute Gasteiger partial charge is 0.328 e. The summed E-state index contributed by atoms with van der Waals surface area (Å²) in [6.45, 7) is 2.75. The molecule has 126 valence electrons. The van der Waals surface area contributed by atoms with Gasteiger partial charge in [-0.1, -0.05) is 19.8 Å².